The van der Waals surface area contributed by atoms with Crippen molar-refractivity contribution in [2.75, 3.05) is 0 Å². The van der Waals surface area contributed by atoms with Gasteiger partial charge in [0.1, 0.15) is 0 Å². The van der Waals surface area contributed by atoms with E-state index in [1.165, 1.54) is 33.7 Å². The quantitative estimate of drug-likeness (QED) is 0.290. The van der Waals surface area contributed by atoms with Crippen molar-refractivity contribution < 1.29 is 0 Å². The van der Waals surface area contributed by atoms with Crippen molar-refractivity contribution in [3.05, 3.63) is 144 Å². The molecule has 0 aliphatic heterocycles. The van der Waals surface area contributed by atoms with Crippen LogP contribution in [0.1, 0.15) is 47.9 Å². The van der Waals surface area contributed by atoms with E-state index in [-0.39, 0.29) is 10.8 Å². The van der Waals surface area contributed by atoms with Crippen molar-refractivity contribution in [3.63, 3.8) is 0 Å². The first-order valence-corrected chi connectivity index (χ1v) is 12.1. The SMILES string of the molecule is c1ccc(C2(c3ccccc3)CC(=NN=C3CC(c4ccccc4)(c4ccccc4)C3)C2)cc1. The molecule has 34 heavy (non-hydrogen) atoms. The molecular weight excluding hydrogens is 412 g/mol. The zero-order valence-corrected chi connectivity index (χ0v) is 19.3. The van der Waals surface area contributed by atoms with Crippen molar-refractivity contribution in [1.29, 1.82) is 0 Å². The molecule has 0 heterocycles. The summed E-state index contributed by atoms with van der Waals surface area (Å²) in [6, 6.07) is 43.4. The first kappa shape index (κ1) is 20.8. The van der Waals surface area contributed by atoms with Crippen LogP contribution in [0.2, 0.25) is 0 Å². The van der Waals surface area contributed by atoms with Crippen molar-refractivity contribution in [3.8, 4) is 0 Å². The summed E-state index contributed by atoms with van der Waals surface area (Å²) in [4.78, 5) is 0. The van der Waals surface area contributed by atoms with Gasteiger partial charge >= 0.3 is 0 Å². The molecule has 166 valence electrons. The third-order valence-electron chi connectivity index (χ3n) is 7.66. The predicted molar refractivity (Wildman–Crippen MR) is 141 cm³/mol. The normalized spacial score (nSPS) is 17.9. The molecule has 4 aromatic carbocycles. The summed E-state index contributed by atoms with van der Waals surface area (Å²) in [5.74, 6) is 0. The summed E-state index contributed by atoms with van der Waals surface area (Å²) < 4.78 is 0. The maximum atomic E-state index is 4.76. The number of benzene rings is 4. The molecule has 0 bridgehead atoms. The van der Waals surface area contributed by atoms with Gasteiger partial charge in [0.25, 0.3) is 0 Å². The van der Waals surface area contributed by atoms with E-state index >= 15 is 0 Å². The summed E-state index contributed by atoms with van der Waals surface area (Å²) in [6.45, 7) is 0. The van der Waals surface area contributed by atoms with Crippen LogP contribution in [0.4, 0.5) is 0 Å². The molecule has 2 aliphatic rings. The third-order valence-corrected chi connectivity index (χ3v) is 7.66. The van der Waals surface area contributed by atoms with E-state index in [1.54, 1.807) is 0 Å². The molecular formula is C32H28N2. The van der Waals surface area contributed by atoms with E-state index in [0.717, 1.165) is 25.7 Å². The van der Waals surface area contributed by atoms with Crippen LogP contribution in [0.5, 0.6) is 0 Å². The summed E-state index contributed by atoms with van der Waals surface area (Å²) in [5, 5.41) is 9.51. The highest BCUT2D eigenvalue weighted by Crippen LogP contribution is 2.49. The van der Waals surface area contributed by atoms with Crippen LogP contribution in [0.3, 0.4) is 0 Å². The molecule has 2 saturated carbocycles. The first-order valence-electron chi connectivity index (χ1n) is 12.1. The second kappa shape index (κ2) is 8.53. The van der Waals surface area contributed by atoms with Gasteiger partial charge in [-0.05, 0) is 22.3 Å². The monoisotopic (exact) mass is 440 g/mol. The average Bonchev–Trinajstić information content (AvgIpc) is 2.87. The highest BCUT2D eigenvalue weighted by Gasteiger charge is 2.46. The molecule has 0 saturated heterocycles. The van der Waals surface area contributed by atoms with Gasteiger partial charge in [0.2, 0.25) is 0 Å². The molecule has 2 fully saturated rings. The highest BCUT2D eigenvalue weighted by atomic mass is 15.2. The molecule has 2 heteroatoms. The van der Waals surface area contributed by atoms with Crippen LogP contribution in [-0.2, 0) is 10.8 Å². The number of nitrogens with zero attached hydrogens (tertiary/aromatic N) is 2. The fourth-order valence-corrected chi connectivity index (χ4v) is 5.75. The molecule has 0 radical (unpaired) electrons. The Bertz CT molecular complexity index is 1120. The van der Waals surface area contributed by atoms with Crippen LogP contribution in [0.15, 0.2) is 132 Å². The minimum absolute atomic E-state index is 0.0129. The fourth-order valence-electron chi connectivity index (χ4n) is 5.75. The molecule has 4 aromatic rings. The van der Waals surface area contributed by atoms with Crippen LogP contribution >= 0.6 is 0 Å². The van der Waals surface area contributed by atoms with Crippen molar-refractivity contribution in [2.45, 2.75) is 36.5 Å². The van der Waals surface area contributed by atoms with Gasteiger partial charge in [0.15, 0.2) is 0 Å². The Hall–Kier alpha value is -3.78. The van der Waals surface area contributed by atoms with Crippen molar-refractivity contribution >= 4 is 11.4 Å². The second-order valence-electron chi connectivity index (χ2n) is 9.67. The van der Waals surface area contributed by atoms with Crippen LogP contribution < -0.4 is 0 Å². The lowest BCUT2D eigenvalue weighted by Gasteiger charge is -2.45. The van der Waals surface area contributed by atoms with E-state index in [4.69, 9.17) is 10.2 Å². The number of rotatable bonds is 5. The summed E-state index contributed by atoms with van der Waals surface area (Å²) in [6.07, 6.45) is 3.72. The lowest BCUT2D eigenvalue weighted by atomic mass is 9.59. The van der Waals surface area contributed by atoms with Gasteiger partial charge < -0.3 is 0 Å². The standard InChI is InChI=1S/C32H28N2/c1-5-13-25(14-6-1)31(26-15-7-2-8-16-26)21-29(22-31)33-34-30-23-32(24-30,27-17-9-3-10-18-27)28-19-11-4-12-20-28/h1-20H,21-24H2. The van der Waals surface area contributed by atoms with E-state index < -0.39 is 0 Å². The Labute approximate surface area is 201 Å². The van der Waals surface area contributed by atoms with Crippen LogP contribution in [0, 0.1) is 0 Å². The third kappa shape index (κ3) is 3.51. The summed E-state index contributed by atoms with van der Waals surface area (Å²) >= 11 is 0. The zero-order valence-electron chi connectivity index (χ0n) is 19.3. The van der Waals surface area contributed by atoms with Crippen LogP contribution in [-0.4, -0.2) is 11.4 Å². The minimum Gasteiger partial charge on any atom is -0.160 e. The molecule has 0 unspecified atom stereocenters. The predicted octanol–water partition coefficient (Wildman–Crippen LogP) is 7.34. The lowest BCUT2D eigenvalue weighted by Crippen LogP contribution is -2.44. The maximum Gasteiger partial charge on any atom is 0.0430 e. The average molecular weight is 441 g/mol. The van der Waals surface area contributed by atoms with Gasteiger partial charge in [-0.15, -0.1) is 0 Å². The summed E-state index contributed by atoms with van der Waals surface area (Å²) in [7, 11) is 0. The Morgan fingerprint density at radius 2 is 0.588 bits per heavy atom. The Kier molecular flexibility index (Phi) is 5.22. The topological polar surface area (TPSA) is 24.7 Å². The van der Waals surface area contributed by atoms with Crippen molar-refractivity contribution in [1.82, 2.24) is 0 Å². The lowest BCUT2D eigenvalue weighted by molar-refractivity contribution is 0.476. The van der Waals surface area contributed by atoms with Gasteiger partial charge in [0, 0.05) is 47.9 Å². The largest absolute Gasteiger partial charge is 0.160 e. The van der Waals surface area contributed by atoms with Gasteiger partial charge in [-0.2, -0.15) is 10.2 Å². The minimum atomic E-state index is 0.0129. The van der Waals surface area contributed by atoms with E-state index in [2.05, 4.69) is 121 Å². The second-order valence-corrected chi connectivity index (χ2v) is 9.67. The zero-order chi connectivity index (χ0) is 22.8. The summed E-state index contributed by atoms with van der Waals surface area (Å²) in [5.41, 5.74) is 7.87. The first-order chi connectivity index (χ1) is 16.8. The molecule has 0 atom stereocenters. The maximum absolute atomic E-state index is 4.76. The highest BCUT2D eigenvalue weighted by molar-refractivity contribution is 5.98. The van der Waals surface area contributed by atoms with E-state index in [0.29, 0.717) is 0 Å². The smallest absolute Gasteiger partial charge is 0.0430 e. The van der Waals surface area contributed by atoms with E-state index in [1.807, 2.05) is 0 Å². The Balaban J connectivity index is 1.24. The molecule has 2 nitrogen and oxygen atoms in total. The Morgan fingerprint density at radius 3 is 0.824 bits per heavy atom. The van der Waals surface area contributed by atoms with Crippen molar-refractivity contribution in [2.24, 2.45) is 10.2 Å². The van der Waals surface area contributed by atoms with Gasteiger partial charge in [-0.3, -0.25) is 0 Å². The molecule has 0 aromatic heterocycles. The Morgan fingerprint density at radius 1 is 0.353 bits per heavy atom. The molecule has 2 aliphatic carbocycles. The van der Waals surface area contributed by atoms with Crippen LogP contribution in [0.25, 0.3) is 0 Å². The molecule has 0 N–H and O–H groups in total. The molecule has 0 spiro atoms. The number of hydrogen-bond donors (Lipinski definition) is 0. The molecule has 0 amide bonds. The fraction of sp³-hybridized carbons (Fsp3) is 0.188. The van der Waals surface area contributed by atoms with Gasteiger partial charge in [0.05, 0.1) is 0 Å². The van der Waals surface area contributed by atoms with Gasteiger partial charge in [-0.25, -0.2) is 0 Å². The molecule has 6 rings (SSSR count). The number of hydrogen-bond acceptors (Lipinski definition) is 2. The van der Waals surface area contributed by atoms with E-state index in [9.17, 15) is 0 Å². The van der Waals surface area contributed by atoms with Gasteiger partial charge in [-0.1, -0.05) is 121 Å².